The van der Waals surface area contributed by atoms with Crippen LogP contribution in [-0.4, -0.2) is 75.8 Å². The summed E-state index contributed by atoms with van der Waals surface area (Å²) in [7, 11) is 0. The fourth-order valence-electron chi connectivity index (χ4n) is 3.31. The number of carbonyl (C=O) groups is 3. The normalized spacial score (nSPS) is 13.7. The minimum atomic E-state index is -1.35. The highest BCUT2D eigenvalue weighted by Gasteiger charge is 2.29. The number of nitrogens with one attached hydrogen (secondary N) is 3. The standard InChI is InChI=1S/C23H38N4O5S.C7H8/c1-5-6-10-33-14-18(27-22(31)17-8-7-9-24-12-17)23(32)26-13-19(28)20(29)16(4)21(30)25-11-15(2)3;1-7-5-3-2-4-6-7/h7-9,12,15-16,18-20,28-29H,5-6,10-11,13-14H2,1-4H3,(H,25,30)(H,26,32)(H,27,31);2-6H,1H3. The number of rotatable bonds is 15. The van der Waals surface area contributed by atoms with Gasteiger partial charge in [0.25, 0.3) is 5.91 Å². The fraction of sp³-hybridized carbons (Fsp3) is 0.533. The van der Waals surface area contributed by atoms with Gasteiger partial charge in [-0.15, -0.1) is 0 Å². The molecule has 2 rings (SSSR count). The lowest BCUT2D eigenvalue weighted by molar-refractivity contribution is -0.131. The molecule has 0 aliphatic heterocycles. The largest absolute Gasteiger partial charge is 0.390 e. The van der Waals surface area contributed by atoms with Crippen molar-refractivity contribution in [3.05, 3.63) is 66.0 Å². The third kappa shape index (κ3) is 14.4. The SMILES string of the molecule is CCCCSCC(NC(=O)c1cccnc1)C(=O)NCC(O)C(O)C(C)C(=O)NCC(C)C.Cc1ccccc1. The molecule has 0 spiro atoms. The zero-order chi connectivity index (χ0) is 29.9. The summed E-state index contributed by atoms with van der Waals surface area (Å²) < 4.78 is 0. The second-order valence-corrected chi connectivity index (χ2v) is 11.2. The van der Waals surface area contributed by atoms with Gasteiger partial charge in [0.05, 0.1) is 23.7 Å². The van der Waals surface area contributed by atoms with Crippen LogP contribution in [0.2, 0.25) is 0 Å². The van der Waals surface area contributed by atoms with E-state index in [2.05, 4.69) is 46.9 Å². The van der Waals surface area contributed by atoms with Gasteiger partial charge < -0.3 is 26.2 Å². The van der Waals surface area contributed by atoms with E-state index in [4.69, 9.17) is 0 Å². The van der Waals surface area contributed by atoms with Gasteiger partial charge in [0, 0.05) is 31.2 Å². The van der Waals surface area contributed by atoms with Crippen molar-refractivity contribution in [2.45, 2.75) is 65.7 Å². The highest BCUT2D eigenvalue weighted by Crippen LogP contribution is 2.10. The molecule has 0 fully saturated rings. The molecule has 40 heavy (non-hydrogen) atoms. The maximum Gasteiger partial charge on any atom is 0.253 e. The quantitative estimate of drug-likeness (QED) is 0.206. The number of thioether (sulfide) groups is 1. The molecule has 0 saturated carbocycles. The molecule has 4 unspecified atom stereocenters. The maximum atomic E-state index is 12.8. The van der Waals surface area contributed by atoms with E-state index in [1.54, 1.807) is 30.1 Å². The van der Waals surface area contributed by atoms with Gasteiger partial charge in [0.2, 0.25) is 11.8 Å². The Labute approximate surface area is 242 Å². The first-order valence-electron chi connectivity index (χ1n) is 13.8. The number of hydrogen-bond acceptors (Lipinski definition) is 7. The average Bonchev–Trinajstić information content (AvgIpc) is 2.96. The fourth-order valence-corrected chi connectivity index (χ4v) is 4.44. The predicted octanol–water partition coefficient (Wildman–Crippen LogP) is 2.95. The van der Waals surface area contributed by atoms with E-state index in [1.165, 1.54) is 18.7 Å². The summed E-state index contributed by atoms with van der Waals surface area (Å²) in [6.45, 7) is 9.81. The summed E-state index contributed by atoms with van der Waals surface area (Å²) in [4.78, 5) is 41.3. The zero-order valence-corrected chi connectivity index (χ0v) is 25.1. The van der Waals surface area contributed by atoms with Gasteiger partial charge in [-0.1, -0.05) is 70.0 Å². The first-order valence-corrected chi connectivity index (χ1v) is 14.9. The van der Waals surface area contributed by atoms with Crippen LogP contribution in [0.5, 0.6) is 0 Å². The van der Waals surface area contributed by atoms with Crippen LogP contribution in [0.15, 0.2) is 54.9 Å². The van der Waals surface area contributed by atoms with Gasteiger partial charge in [-0.2, -0.15) is 11.8 Å². The van der Waals surface area contributed by atoms with Crippen LogP contribution in [0.4, 0.5) is 0 Å². The lowest BCUT2D eigenvalue weighted by atomic mass is 9.98. The number of pyridine rings is 1. The van der Waals surface area contributed by atoms with Crippen LogP contribution in [0.3, 0.4) is 0 Å². The molecule has 0 aliphatic rings. The van der Waals surface area contributed by atoms with Crippen molar-refractivity contribution in [2.75, 3.05) is 24.6 Å². The van der Waals surface area contributed by atoms with Crippen LogP contribution in [-0.2, 0) is 9.59 Å². The van der Waals surface area contributed by atoms with E-state index in [9.17, 15) is 24.6 Å². The smallest absolute Gasteiger partial charge is 0.253 e. The summed E-state index contributed by atoms with van der Waals surface area (Å²) in [6.07, 6.45) is 2.31. The molecule has 5 N–H and O–H groups in total. The second-order valence-electron chi connectivity index (χ2n) is 10.1. The molecule has 0 bridgehead atoms. The van der Waals surface area contributed by atoms with Gasteiger partial charge in [0.1, 0.15) is 6.04 Å². The van der Waals surface area contributed by atoms with Gasteiger partial charge in [-0.3, -0.25) is 19.4 Å². The lowest BCUT2D eigenvalue weighted by Gasteiger charge is -2.25. The molecule has 0 saturated heterocycles. The maximum absolute atomic E-state index is 12.8. The van der Waals surface area contributed by atoms with E-state index in [0.717, 1.165) is 18.6 Å². The topological polar surface area (TPSA) is 141 Å². The summed E-state index contributed by atoms with van der Waals surface area (Å²) in [6, 6.07) is 12.7. The first-order chi connectivity index (χ1) is 19.1. The number of nitrogens with zero attached hydrogens (tertiary/aromatic N) is 1. The molecule has 0 radical (unpaired) electrons. The molecule has 1 aromatic carbocycles. The number of aryl methyl sites for hydroxylation is 1. The number of unbranched alkanes of at least 4 members (excludes halogenated alkanes) is 1. The number of carbonyl (C=O) groups excluding carboxylic acids is 3. The Bertz CT molecular complexity index is 994. The minimum absolute atomic E-state index is 0.249. The highest BCUT2D eigenvalue weighted by atomic mass is 32.2. The van der Waals surface area contributed by atoms with E-state index in [0.29, 0.717) is 17.9 Å². The zero-order valence-electron chi connectivity index (χ0n) is 24.3. The Morgan fingerprint density at radius 1 is 0.950 bits per heavy atom. The molecule has 0 aliphatic carbocycles. The molecular formula is C30H46N4O5S. The molecular weight excluding hydrogens is 528 g/mol. The third-order valence-electron chi connectivity index (χ3n) is 5.90. The lowest BCUT2D eigenvalue weighted by Crippen LogP contribution is -2.52. The van der Waals surface area contributed by atoms with Crippen LogP contribution < -0.4 is 16.0 Å². The predicted molar refractivity (Wildman–Crippen MR) is 161 cm³/mol. The Morgan fingerprint density at radius 2 is 1.62 bits per heavy atom. The van der Waals surface area contributed by atoms with E-state index < -0.39 is 36.0 Å². The van der Waals surface area contributed by atoms with Gasteiger partial charge >= 0.3 is 0 Å². The summed E-state index contributed by atoms with van der Waals surface area (Å²) in [5, 5.41) is 28.6. The molecule has 1 aromatic heterocycles. The monoisotopic (exact) mass is 574 g/mol. The molecule has 1 heterocycles. The Balaban J connectivity index is 0.000000985. The molecule has 4 atom stereocenters. The Morgan fingerprint density at radius 3 is 2.17 bits per heavy atom. The number of aromatic nitrogens is 1. The molecule has 222 valence electrons. The van der Waals surface area contributed by atoms with Crippen molar-refractivity contribution in [2.24, 2.45) is 11.8 Å². The number of hydrogen-bond donors (Lipinski definition) is 5. The molecule has 3 amide bonds. The molecule has 10 heteroatoms. The highest BCUT2D eigenvalue weighted by molar-refractivity contribution is 7.99. The molecule has 9 nitrogen and oxygen atoms in total. The van der Waals surface area contributed by atoms with Gasteiger partial charge in [-0.25, -0.2) is 0 Å². The minimum Gasteiger partial charge on any atom is -0.390 e. The van der Waals surface area contributed by atoms with E-state index in [-0.39, 0.29) is 18.4 Å². The number of benzene rings is 1. The summed E-state index contributed by atoms with van der Waals surface area (Å²) >= 11 is 1.55. The van der Waals surface area contributed by atoms with Crippen LogP contribution in [0.1, 0.15) is 56.5 Å². The van der Waals surface area contributed by atoms with Crippen molar-refractivity contribution >= 4 is 29.5 Å². The first kappa shape index (κ1) is 35.1. The Kier molecular flexibility index (Phi) is 17.5. The van der Waals surface area contributed by atoms with Crippen molar-refractivity contribution < 1.29 is 24.6 Å². The van der Waals surface area contributed by atoms with Crippen LogP contribution in [0, 0.1) is 18.8 Å². The number of aliphatic hydroxyl groups excluding tert-OH is 2. The van der Waals surface area contributed by atoms with Crippen molar-refractivity contribution in [3.63, 3.8) is 0 Å². The van der Waals surface area contributed by atoms with E-state index in [1.807, 2.05) is 32.0 Å². The van der Waals surface area contributed by atoms with E-state index >= 15 is 0 Å². The second kappa shape index (κ2) is 20.0. The van der Waals surface area contributed by atoms with Gasteiger partial charge in [0.15, 0.2) is 0 Å². The van der Waals surface area contributed by atoms with Crippen LogP contribution in [0.25, 0.3) is 0 Å². The summed E-state index contributed by atoms with van der Waals surface area (Å²) in [5.74, 6) is -0.624. The van der Waals surface area contributed by atoms with Crippen molar-refractivity contribution in [1.29, 1.82) is 0 Å². The van der Waals surface area contributed by atoms with Crippen LogP contribution >= 0.6 is 11.8 Å². The number of aliphatic hydroxyl groups is 2. The number of amides is 3. The van der Waals surface area contributed by atoms with Crippen molar-refractivity contribution in [3.8, 4) is 0 Å². The summed E-state index contributed by atoms with van der Waals surface area (Å²) in [5.41, 5.74) is 1.66. The average molecular weight is 575 g/mol. The third-order valence-corrected chi connectivity index (χ3v) is 7.05. The van der Waals surface area contributed by atoms with Crippen molar-refractivity contribution in [1.82, 2.24) is 20.9 Å². The molecule has 2 aromatic rings. The van der Waals surface area contributed by atoms with Gasteiger partial charge in [-0.05, 0) is 37.1 Å². The Hall–Kier alpha value is -2.95.